The summed E-state index contributed by atoms with van der Waals surface area (Å²) in [5.41, 5.74) is 0.194. The van der Waals surface area contributed by atoms with Gasteiger partial charge in [0.1, 0.15) is 0 Å². The van der Waals surface area contributed by atoms with Crippen LogP contribution >= 0.6 is 0 Å². The van der Waals surface area contributed by atoms with Gasteiger partial charge in [-0.15, -0.1) is 0 Å². The molecule has 0 aromatic heterocycles. The molecule has 5 fully saturated rings. The molecule has 0 amide bonds. The molecule has 1 heterocycles. The summed E-state index contributed by atoms with van der Waals surface area (Å²) in [5.74, 6) is 1.89. The number of hydrogen-bond acceptors (Lipinski definition) is 4. The first-order valence-corrected chi connectivity index (χ1v) is 16.4. The molecule has 5 rings (SSSR count). The summed E-state index contributed by atoms with van der Waals surface area (Å²) >= 11 is 0. The fourth-order valence-corrected chi connectivity index (χ4v) is 10.3. The third-order valence-electron chi connectivity index (χ3n) is 11.6. The zero-order valence-corrected chi connectivity index (χ0v) is 22.7. The van der Waals surface area contributed by atoms with Crippen molar-refractivity contribution in [3.8, 4) is 0 Å². The minimum Gasteiger partial charge on any atom is -0.414 e. The number of fused-ring (bicyclic) bond motifs is 6. The first-order valence-electron chi connectivity index (χ1n) is 13.5. The van der Waals surface area contributed by atoms with E-state index in [1.807, 2.05) is 0 Å². The number of rotatable bonds is 2. The van der Waals surface area contributed by atoms with Crippen LogP contribution in [-0.4, -0.2) is 44.6 Å². The Bertz CT molecular complexity index is 726. The predicted molar refractivity (Wildman–Crippen MR) is 130 cm³/mol. The van der Waals surface area contributed by atoms with Crippen LogP contribution in [0.1, 0.15) is 86.0 Å². The van der Waals surface area contributed by atoms with E-state index in [2.05, 4.69) is 47.7 Å². The molecule has 0 aromatic rings. The lowest BCUT2D eigenvalue weighted by molar-refractivity contribution is -0.265. The van der Waals surface area contributed by atoms with Gasteiger partial charge in [0.25, 0.3) is 0 Å². The molecule has 5 heteroatoms. The van der Waals surface area contributed by atoms with Gasteiger partial charge in [-0.25, -0.2) is 0 Å². The van der Waals surface area contributed by atoms with Gasteiger partial charge in [-0.3, -0.25) is 0 Å². The zero-order valence-electron chi connectivity index (χ0n) is 21.7. The maximum Gasteiger partial charge on any atom is 0.192 e. The summed E-state index contributed by atoms with van der Waals surface area (Å²) in [4.78, 5) is 0. The average molecular weight is 465 g/mol. The summed E-state index contributed by atoms with van der Waals surface area (Å²) in [6.07, 6.45) is 9.32. The second kappa shape index (κ2) is 7.53. The molecule has 184 valence electrons. The van der Waals surface area contributed by atoms with Crippen molar-refractivity contribution in [1.82, 2.24) is 0 Å². The molecule has 32 heavy (non-hydrogen) atoms. The average Bonchev–Trinajstić information content (AvgIpc) is 3.27. The summed E-state index contributed by atoms with van der Waals surface area (Å²) in [6.45, 7) is 18.1. The lowest BCUT2D eigenvalue weighted by Crippen LogP contribution is -2.62. The SMILES string of the molecule is CC(C)(C)[Si](C)(C)O[C@H]1CC[C@]2(C)C3C(CC[C@@H]2C1)C1CCC2(OCCO2)[C@@]1(C)C[C@H]3O. The Labute approximate surface area is 197 Å². The van der Waals surface area contributed by atoms with Crippen molar-refractivity contribution in [3.05, 3.63) is 0 Å². The molecule has 1 saturated heterocycles. The van der Waals surface area contributed by atoms with Gasteiger partial charge in [0.05, 0.1) is 19.3 Å². The van der Waals surface area contributed by atoms with E-state index in [9.17, 15) is 5.11 Å². The minimum atomic E-state index is -1.74. The largest absolute Gasteiger partial charge is 0.414 e. The fourth-order valence-electron chi connectivity index (χ4n) is 8.92. The van der Waals surface area contributed by atoms with E-state index >= 15 is 0 Å². The molecule has 0 radical (unpaired) electrons. The number of aliphatic hydroxyl groups excluding tert-OH is 1. The van der Waals surface area contributed by atoms with E-state index in [1.165, 1.54) is 32.1 Å². The highest BCUT2D eigenvalue weighted by Gasteiger charge is 2.69. The lowest BCUT2D eigenvalue weighted by atomic mass is 9.44. The van der Waals surface area contributed by atoms with Crippen molar-refractivity contribution in [2.75, 3.05) is 13.2 Å². The third kappa shape index (κ3) is 3.27. The van der Waals surface area contributed by atoms with E-state index in [0.29, 0.717) is 43.0 Å². The monoisotopic (exact) mass is 464 g/mol. The van der Waals surface area contributed by atoms with Crippen molar-refractivity contribution in [3.63, 3.8) is 0 Å². The minimum absolute atomic E-state index is 0.0457. The third-order valence-corrected chi connectivity index (χ3v) is 16.1. The topological polar surface area (TPSA) is 47.9 Å². The van der Waals surface area contributed by atoms with Crippen LogP contribution in [0.2, 0.25) is 18.1 Å². The van der Waals surface area contributed by atoms with Crippen LogP contribution in [0.5, 0.6) is 0 Å². The van der Waals surface area contributed by atoms with Gasteiger partial charge in [0, 0.05) is 17.9 Å². The highest BCUT2D eigenvalue weighted by molar-refractivity contribution is 6.74. The van der Waals surface area contributed by atoms with Crippen molar-refractivity contribution >= 4 is 8.32 Å². The normalized spacial score (nSPS) is 48.4. The van der Waals surface area contributed by atoms with E-state index < -0.39 is 14.1 Å². The molecule has 4 saturated carbocycles. The lowest BCUT2D eigenvalue weighted by Gasteiger charge is -2.63. The van der Waals surface area contributed by atoms with Gasteiger partial charge in [-0.2, -0.15) is 0 Å². The van der Waals surface area contributed by atoms with Crippen LogP contribution in [0.3, 0.4) is 0 Å². The van der Waals surface area contributed by atoms with Gasteiger partial charge in [0.2, 0.25) is 0 Å². The summed E-state index contributed by atoms with van der Waals surface area (Å²) in [5, 5.41) is 12.0. The predicted octanol–water partition coefficient (Wildman–Crippen LogP) is 6.13. The zero-order chi connectivity index (χ0) is 23.2. The van der Waals surface area contributed by atoms with E-state index in [-0.39, 0.29) is 22.0 Å². The molecule has 0 bridgehead atoms. The van der Waals surface area contributed by atoms with Crippen molar-refractivity contribution in [1.29, 1.82) is 0 Å². The van der Waals surface area contributed by atoms with Gasteiger partial charge >= 0.3 is 0 Å². The Morgan fingerprint density at radius 2 is 1.66 bits per heavy atom. The highest BCUT2D eigenvalue weighted by Crippen LogP contribution is 2.69. The second-order valence-electron chi connectivity index (χ2n) is 14.0. The molecule has 5 aliphatic rings. The van der Waals surface area contributed by atoms with Crippen molar-refractivity contribution in [2.45, 2.75) is 122 Å². The standard InChI is InChI=1S/C27H48O4Si/c1-24(2,3)32(6,7)31-19-10-12-25(4)18(16-19)8-9-20-21-11-13-27(29-14-15-30-27)26(21,5)17-22(28)23(20)25/h18-23,28H,8-17H2,1-7H3/t18-,19+,20?,21?,22-,23?,25+,26+/m1/s1. The van der Waals surface area contributed by atoms with E-state index in [4.69, 9.17) is 13.9 Å². The molecule has 4 aliphatic carbocycles. The molecule has 4 nitrogen and oxygen atoms in total. The van der Waals surface area contributed by atoms with Crippen LogP contribution < -0.4 is 0 Å². The molecule has 0 aromatic carbocycles. The van der Waals surface area contributed by atoms with Crippen LogP contribution in [0.4, 0.5) is 0 Å². The van der Waals surface area contributed by atoms with E-state index in [0.717, 1.165) is 19.3 Å². The molecule has 3 unspecified atom stereocenters. The van der Waals surface area contributed by atoms with Gasteiger partial charge in [-0.1, -0.05) is 34.6 Å². The molecule has 1 aliphatic heterocycles. The highest BCUT2D eigenvalue weighted by atomic mass is 28.4. The van der Waals surface area contributed by atoms with Gasteiger partial charge < -0.3 is 19.0 Å². The molecule has 8 atom stereocenters. The van der Waals surface area contributed by atoms with Gasteiger partial charge in [0.15, 0.2) is 14.1 Å². The van der Waals surface area contributed by atoms with Crippen LogP contribution in [-0.2, 0) is 13.9 Å². The quantitative estimate of drug-likeness (QED) is 0.499. The summed E-state index contributed by atoms with van der Waals surface area (Å²) in [7, 11) is -1.74. The Morgan fingerprint density at radius 3 is 2.31 bits per heavy atom. The Balaban J connectivity index is 1.35. The van der Waals surface area contributed by atoms with Crippen molar-refractivity contribution < 1.29 is 19.0 Å². The summed E-state index contributed by atoms with van der Waals surface area (Å²) < 4.78 is 19.4. The van der Waals surface area contributed by atoms with Crippen molar-refractivity contribution in [2.24, 2.45) is 34.5 Å². The smallest absolute Gasteiger partial charge is 0.192 e. The second-order valence-corrected chi connectivity index (χ2v) is 18.8. The number of hydrogen-bond donors (Lipinski definition) is 1. The maximum atomic E-state index is 11.7. The Hall–Kier alpha value is 0.0569. The first-order chi connectivity index (χ1) is 14.8. The maximum absolute atomic E-state index is 11.7. The molecule has 1 spiro atoms. The van der Waals surface area contributed by atoms with E-state index in [1.54, 1.807) is 0 Å². The molecular formula is C27H48O4Si. The number of aliphatic hydroxyl groups is 1. The van der Waals surface area contributed by atoms with Gasteiger partial charge in [-0.05, 0) is 92.2 Å². The fraction of sp³-hybridized carbons (Fsp3) is 1.00. The van der Waals surface area contributed by atoms with Crippen LogP contribution in [0, 0.1) is 34.5 Å². The number of ether oxygens (including phenoxy) is 2. The Kier molecular flexibility index (Phi) is 5.59. The molecular weight excluding hydrogens is 416 g/mol. The van der Waals surface area contributed by atoms with Crippen LogP contribution in [0.25, 0.3) is 0 Å². The van der Waals surface area contributed by atoms with Crippen LogP contribution in [0.15, 0.2) is 0 Å². The Morgan fingerprint density at radius 1 is 0.969 bits per heavy atom. The summed E-state index contributed by atoms with van der Waals surface area (Å²) in [6, 6.07) is 0. The molecule has 1 N–H and O–H groups in total. The first kappa shape index (κ1) is 23.8.